The summed E-state index contributed by atoms with van der Waals surface area (Å²) < 4.78 is 17.9. The molecule has 0 aliphatic carbocycles. The van der Waals surface area contributed by atoms with Crippen LogP contribution in [0.15, 0.2) is 41.3 Å². The van der Waals surface area contributed by atoms with Crippen molar-refractivity contribution in [2.75, 3.05) is 39.5 Å². The minimum Gasteiger partial charge on any atom is -0.490 e. The van der Waals surface area contributed by atoms with Crippen LogP contribution in [0.25, 0.3) is 6.08 Å². The SMILES string of the molecule is CCOc1cc(/C=C2\SC(=O)N(CC(=O)N3CCOCC3)C2=O)cc(I)c1OCc1ccccc1Cl. The fraction of sp³-hybridized carbons (Fsp3) is 0.320. The third-order valence-corrected chi connectivity index (χ3v) is 7.57. The highest BCUT2D eigenvalue weighted by molar-refractivity contribution is 14.1. The molecule has 2 aliphatic heterocycles. The maximum absolute atomic E-state index is 12.9. The van der Waals surface area contributed by atoms with E-state index in [1.54, 1.807) is 23.1 Å². The van der Waals surface area contributed by atoms with Crippen LogP contribution in [0.1, 0.15) is 18.1 Å². The van der Waals surface area contributed by atoms with Gasteiger partial charge in [-0.15, -0.1) is 0 Å². The van der Waals surface area contributed by atoms with E-state index >= 15 is 0 Å². The lowest BCUT2D eigenvalue weighted by Gasteiger charge is -2.28. The van der Waals surface area contributed by atoms with E-state index in [4.69, 9.17) is 25.8 Å². The lowest BCUT2D eigenvalue weighted by molar-refractivity contribution is -0.139. The van der Waals surface area contributed by atoms with Crippen LogP contribution < -0.4 is 9.47 Å². The van der Waals surface area contributed by atoms with Gasteiger partial charge in [0.15, 0.2) is 11.5 Å². The highest BCUT2D eigenvalue weighted by atomic mass is 127. The second-order valence-corrected chi connectivity index (χ2v) is 10.5. The molecule has 2 heterocycles. The number of rotatable bonds is 8. The first kappa shape index (κ1) is 26.8. The first-order valence-electron chi connectivity index (χ1n) is 11.3. The lowest BCUT2D eigenvalue weighted by atomic mass is 10.1. The minimum absolute atomic E-state index is 0.248. The number of morpholine rings is 1. The molecule has 0 atom stereocenters. The molecule has 0 radical (unpaired) electrons. The van der Waals surface area contributed by atoms with Crippen molar-refractivity contribution in [3.8, 4) is 11.5 Å². The molecule has 2 aromatic carbocycles. The number of hydrogen-bond donors (Lipinski definition) is 0. The number of carbonyl (C=O) groups excluding carboxylic acids is 3. The number of thioether (sulfide) groups is 1. The summed E-state index contributed by atoms with van der Waals surface area (Å²) in [7, 11) is 0. The summed E-state index contributed by atoms with van der Waals surface area (Å²) in [5, 5.41) is 0.150. The van der Waals surface area contributed by atoms with Gasteiger partial charge in [-0.2, -0.15) is 0 Å². The number of nitrogens with zero attached hydrogens (tertiary/aromatic N) is 2. The zero-order chi connectivity index (χ0) is 25.7. The number of imide groups is 1. The van der Waals surface area contributed by atoms with E-state index in [0.29, 0.717) is 55.0 Å². The average Bonchev–Trinajstić information content (AvgIpc) is 3.12. The molecule has 36 heavy (non-hydrogen) atoms. The van der Waals surface area contributed by atoms with E-state index in [0.717, 1.165) is 25.8 Å². The summed E-state index contributed by atoms with van der Waals surface area (Å²) in [6, 6.07) is 11.1. The third kappa shape index (κ3) is 6.34. The summed E-state index contributed by atoms with van der Waals surface area (Å²) in [6.07, 6.45) is 1.63. The third-order valence-electron chi connectivity index (χ3n) is 5.49. The van der Waals surface area contributed by atoms with Gasteiger partial charge in [0.1, 0.15) is 13.2 Å². The van der Waals surface area contributed by atoms with Gasteiger partial charge >= 0.3 is 0 Å². The van der Waals surface area contributed by atoms with E-state index < -0.39 is 11.1 Å². The van der Waals surface area contributed by atoms with Gasteiger partial charge in [-0.3, -0.25) is 19.3 Å². The van der Waals surface area contributed by atoms with Crippen LogP contribution in [-0.2, 0) is 20.9 Å². The monoisotopic (exact) mass is 642 g/mol. The number of halogens is 2. The molecule has 2 saturated heterocycles. The van der Waals surface area contributed by atoms with E-state index in [9.17, 15) is 14.4 Å². The Hall–Kier alpha value is -2.28. The fourth-order valence-corrected chi connectivity index (χ4v) is 5.49. The van der Waals surface area contributed by atoms with Crippen molar-refractivity contribution in [1.29, 1.82) is 0 Å². The van der Waals surface area contributed by atoms with Crippen molar-refractivity contribution in [1.82, 2.24) is 9.80 Å². The molecule has 2 fully saturated rings. The summed E-state index contributed by atoms with van der Waals surface area (Å²) in [6.45, 7) is 4.09. The van der Waals surface area contributed by atoms with Gasteiger partial charge in [-0.05, 0) is 71.1 Å². The van der Waals surface area contributed by atoms with Crippen LogP contribution in [0.4, 0.5) is 4.79 Å². The average molecular weight is 643 g/mol. The van der Waals surface area contributed by atoms with Crippen LogP contribution in [0.5, 0.6) is 11.5 Å². The molecule has 0 saturated carbocycles. The van der Waals surface area contributed by atoms with Gasteiger partial charge in [-0.25, -0.2) is 0 Å². The molecule has 0 unspecified atom stereocenters. The van der Waals surface area contributed by atoms with Gasteiger partial charge in [-0.1, -0.05) is 29.8 Å². The van der Waals surface area contributed by atoms with Crippen molar-refractivity contribution in [2.24, 2.45) is 0 Å². The van der Waals surface area contributed by atoms with Crippen LogP contribution >= 0.6 is 46.0 Å². The predicted octanol–water partition coefficient (Wildman–Crippen LogP) is 4.82. The topological polar surface area (TPSA) is 85.4 Å². The smallest absolute Gasteiger partial charge is 0.294 e. The minimum atomic E-state index is -0.487. The Morgan fingerprint density at radius 3 is 2.67 bits per heavy atom. The van der Waals surface area contributed by atoms with Gasteiger partial charge in [0.25, 0.3) is 11.1 Å². The molecule has 2 aromatic rings. The quantitative estimate of drug-likeness (QED) is 0.302. The Morgan fingerprint density at radius 2 is 1.94 bits per heavy atom. The standard InChI is InChI=1S/C25H24ClIN2O6S/c1-2-34-20-12-16(11-19(27)23(20)35-15-17-5-3-4-6-18(17)26)13-21-24(31)29(25(32)36-21)14-22(30)28-7-9-33-10-8-28/h3-6,11-13H,2,7-10,14-15H2,1H3/b21-13-. The van der Waals surface area contributed by atoms with E-state index in [1.807, 2.05) is 31.2 Å². The molecule has 11 heteroatoms. The zero-order valence-electron chi connectivity index (χ0n) is 19.5. The molecule has 0 N–H and O–H groups in total. The first-order valence-corrected chi connectivity index (χ1v) is 13.6. The second-order valence-electron chi connectivity index (χ2n) is 7.90. The predicted molar refractivity (Wildman–Crippen MR) is 146 cm³/mol. The maximum Gasteiger partial charge on any atom is 0.294 e. The lowest BCUT2D eigenvalue weighted by Crippen LogP contribution is -2.46. The van der Waals surface area contributed by atoms with Crippen molar-refractivity contribution in [3.63, 3.8) is 0 Å². The molecule has 0 aromatic heterocycles. The fourth-order valence-electron chi connectivity index (χ4n) is 3.68. The molecule has 190 valence electrons. The molecular weight excluding hydrogens is 619 g/mol. The molecular formula is C25H24ClIN2O6S. The number of amides is 3. The van der Waals surface area contributed by atoms with Gasteiger partial charge in [0.2, 0.25) is 5.91 Å². The maximum atomic E-state index is 12.9. The molecule has 4 rings (SSSR count). The number of ether oxygens (including phenoxy) is 3. The van der Waals surface area contributed by atoms with Crippen molar-refractivity contribution >= 4 is 69.1 Å². The van der Waals surface area contributed by atoms with Gasteiger partial charge < -0.3 is 19.1 Å². The zero-order valence-corrected chi connectivity index (χ0v) is 23.2. The largest absolute Gasteiger partial charge is 0.490 e. The first-order chi connectivity index (χ1) is 17.4. The number of carbonyl (C=O) groups is 3. The summed E-state index contributed by atoms with van der Waals surface area (Å²) in [5.41, 5.74) is 1.53. The van der Waals surface area contributed by atoms with Crippen LogP contribution in [0.2, 0.25) is 5.02 Å². The van der Waals surface area contributed by atoms with E-state index in [1.165, 1.54) is 0 Å². The Bertz CT molecular complexity index is 1200. The highest BCUT2D eigenvalue weighted by Crippen LogP contribution is 2.38. The van der Waals surface area contributed by atoms with Crippen molar-refractivity contribution < 1.29 is 28.6 Å². The Labute approximate surface area is 232 Å². The van der Waals surface area contributed by atoms with Gasteiger partial charge in [0, 0.05) is 23.7 Å². The van der Waals surface area contributed by atoms with Crippen LogP contribution in [0.3, 0.4) is 0 Å². The van der Waals surface area contributed by atoms with E-state index in [2.05, 4.69) is 22.6 Å². The summed E-state index contributed by atoms with van der Waals surface area (Å²) in [5.74, 6) is 0.330. The molecule has 0 spiro atoms. The van der Waals surface area contributed by atoms with Crippen molar-refractivity contribution in [2.45, 2.75) is 13.5 Å². The molecule has 8 nitrogen and oxygen atoms in total. The van der Waals surface area contributed by atoms with Crippen LogP contribution in [-0.4, -0.2) is 66.3 Å². The molecule has 3 amide bonds. The summed E-state index contributed by atoms with van der Waals surface area (Å²) >= 11 is 9.21. The Kier molecular flexibility index (Phi) is 9.15. The second kappa shape index (κ2) is 12.3. The van der Waals surface area contributed by atoms with Crippen molar-refractivity contribution in [3.05, 3.63) is 61.0 Å². The number of hydrogen-bond acceptors (Lipinski definition) is 7. The number of benzene rings is 2. The van der Waals surface area contributed by atoms with Crippen LogP contribution in [0, 0.1) is 3.57 Å². The normalized spacial score (nSPS) is 17.1. The van der Waals surface area contributed by atoms with E-state index in [-0.39, 0.29) is 24.0 Å². The Balaban J connectivity index is 1.51. The summed E-state index contributed by atoms with van der Waals surface area (Å²) in [4.78, 5) is 40.9. The van der Waals surface area contributed by atoms with Gasteiger partial charge in [0.05, 0.1) is 28.3 Å². The highest BCUT2D eigenvalue weighted by Gasteiger charge is 2.37. The Morgan fingerprint density at radius 1 is 1.19 bits per heavy atom. The molecule has 2 aliphatic rings. The molecule has 0 bridgehead atoms.